The lowest BCUT2D eigenvalue weighted by molar-refractivity contribution is -0.0566. The molecule has 0 bridgehead atoms. The molecule has 3 atom stereocenters. The minimum atomic E-state index is -0.163. The summed E-state index contributed by atoms with van der Waals surface area (Å²) in [5.74, 6) is 0. The quantitative estimate of drug-likeness (QED) is 0.757. The molecule has 90 valence electrons. The molecule has 0 aliphatic carbocycles. The Morgan fingerprint density at radius 3 is 2.87 bits per heavy atom. The lowest BCUT2D eigenvalue weighted by Gasteiger charge is -2.38. The van der Waals surface area contributed by atoms with E-state index in [0.29, 0.717) is 12.1 Å². The topological polar surface area (TPSA) is 32.7 Å². The van der Waals surface area contributed by atoms with Gasteiger partial charge in [0.15, 0.2) is 0 Å². The fourth-order valence-corrected chi connectivity index (χ4v) is 2.15. The number of aliphatic hydroxyl groups excluding tert-OH is 1. The molecule has 1 rings (SSSR count). The van der Waals surface area contributed by atoms with Gasteiger partial charge in [-0.1, -0.05) is 6.92 Å². The van der Waals surface area contributed by atoms with Gasteiger partial charge in [0, 0.05) is 12.6 Å². The molecule has 3 nitrogen and oxygen atoms in total. The van der Waals surface area contributed by atoms with E-state index >= 15 is 0 Å². The van der Waals surface area contributed by atoms with E-state index in [1.54, 1.807) is 0 Å². The van der Waals surface area contributed by atoms with Gasteiger partial charge in [0.2, 0.25) is 0 Å². The van der Waals surface area contributed by atoms with Crippen molar-refractivity contribution in [2.45, 2.75) is 58.3 Å². The van der Waals surface area contributed by atoms with Crippen molar-refractivity contribution < 1.29 is 9.84 Å². The molecule has 3 heteroatoms. The monoisotopic (exact) mass is 215 g/mol. The first-order valence-electron chi connectivity index (χ1n) is 6.17. The van der Waals surface area contributed by atoms with Crippen LogP contribution in [0.15, 0.2) is 0 Å². The number of ether oxygens (including phenoxy) is 1. The Morgan fingerprint density at radius 1 is 1.53 bits per heavy atom. The van der Waals surface area contributed by atoms with Gasteiger partial charge >= 0.3 is 0 Å². The molecule has 1 heterocycles. The second kappa shape index (κ2) is 6.46. The van der Waals surface area contributed by atoms with Crippen molar-refractivity contribution in [3.8, 4) is 0 Å². The first kappa shape index (κ1) is 12.9. The van der Waals surface area contributed by atoms with E-state index in [2.05, 4.69) is 18.7 Å². The standard InChI is InChI=1S/C12H25NO2/c1-4-12-9-15-11(3)8-13(12)7-5-6-10(2)14/h10-12,14H,4-9H2,1-3H3. The minimum absolute atomic E-state index is 0.163. The fraction of sp³-hybridized carbons (Fsp3) is 1.00. The summed E-state index contributed by atoms with van der Waals surface area (Å²) in [6, 6.07) is 0.579. The van der Waals surface area contributed by atoms with Crippen molar-refractivity contribution >= 4 is 0 Å². The number of rotatable bonds is 5. The molecule has 1 saturated heterocycles. The van der Waals surface area contributed by atoms with E-state index in [-0.39, 0.29) is 6.10 Å². The summed E-state index contributed by atoms with van der Waals surface area (Å²) in [6.07, 6.45) is 3.34. The predicted molar refractivity (Wildman–Crippen MR) is 62.0 cm³/mol. The van der Waals surface area contributed by atoms with E-state index in [0.717, 1.165) is 39.0 Å². The lowest BCUT2D eigenvalue weighted by atomic mass is 10.1. The first-order chi connectivity index (χ1) is 7.13. The number of hydrogen-bond donors (Lipinski definition) is 1. The van der Waals surface area contributed by atoms with Gasteiger partial charge in [-0.25, -0.2) is 0 Å². The van der Waals surface area contributed by atoms with Gasteiger partial charge in [0.05, 0.1) is 18.8 Å². The number of nitrogens with zero attached hydrogens (tertiary/aromatic N) is 1. The van der Waals surface area contributed by atoms with Gasteiger partial charge in [-0.3, -0.25) is 4.90 Å². The Labute approximate surface area is 93.4 Å². The van der Waals surface area contributed by atoms with Gasteiger partial charge in [0.1, 0.15) is 0 Å². The summed E-state index contributed by atoms with van der Waals surface area (Å²) >= 11 is 0. The Morgan fingerprint density at radius 2 is 2.27 bits per heavy atom. The van der Waals surface area contributed by atoms with Gasteiger partial charge in [-0.05, 0) is 39.7 Å². The number of aliphatic hydroxyl groups is 1. The number of morpholine rings is 1. The molecule has 3 unspecified atom stereocenters. The molecule has 1 aliphatic heterocycles. The predicted octanol–water partition coefficient (Wildman–Crippen LogP) is 1.65. The van der Waals surface area contributed by atoms with Gasteiger partial charge in [-0.2, -0.15) is 0 Å². The smallest absolute Gasteiger partial charge is 0.0674 e. The second-order valence-electron chi connectivity index (χ2n) is 4.69. The van der Waals surface area contributed by atoms with Crippen LogP contribution in [0.2, 0.25) is 0 Å². The van der Waals surface area contributed by atoms with Crippen LogP contribution in [0.5, 0.6) is 0 Å². The molecule has 1 N–H and O–H groups in total. The summed E-state index contributed by atoms with van der Waals surface area (Å²) in [6.45, 7) is 9.21. The number of hydrogen-bond acceptors (Lipinski definition) is 3. The molecule has 15 heavy (non-hydrogen) atoms. The summed E-state index contributed by atoms with van der Waals surface area (Å²) in [4.78, 5) is 2.51. The Balaban J connectivity index is 2.28. The molecule has 1 aliphatic rings. The Hall–Kier alpha value is -0.120. The maximum absolute atomic E-state index is 9.21. The van der Waals surface area contributed by atoms with E-state index in [1.165, 1.54) is 0 Å². The molecule has 0 aromatic heterocycles. The largest absolute Gasteiger partial charge is 0.393 e. The van der Waals surface area contributed by atoms with Crippen LogP contribution in [0, 0.1) is 0 Å². The zero-order valence-electron chi connectivity index (χ0n) is 10.3. The molecular weight excluding hydrogens is 190 g/mol. The Kier molecular flexibility index (Phi) is 5.58. The van der Waals surface area contributed by atoms with Crippen LogP contribution in [-0.4, -0.2) is 48.0 Å². The van der Waals surface area contributed by atoms with Gasteiger partial charge in [0.25, 0.3) is 0 Å². The lowest BCUT2D eigenvalue weighted by Crippen LogP contribution is -2.48. The van der Waals surface area contributed by atoms with Crippen molar-refractivity contribution in [1.82, 2.24) is 4.90 Å². The molecule has 0 aromatic carbocycles. The van der Waals surface area contributed by atoms with Crippen LogP contribution < -0.4 is 0 Å². The van der Waals surface area contributed by atoms with Crippen molar-refractivity contribution in [3.63, 3.8) is 0 Å². The highest BCUT2D eigenvalue weighted by Gasteiger charge is 2.24. The van der Waals surface area contributed by atoms with Crippen molar-refractivity contribution in [2.75, 3.05) is 19.7 Å². The summed E-state index contributed by atoms with van der Waals surface area (Å²) in [7, 11) is 0. The van der Waals surface area contributed by atoms with Crippen LogP contribution in [0.3, 0.4) is 0 Å². The van der Waals surface area contributed by atoms with E-state index in [1.807, 2.05) is 6.92 Å². The minimum Gasteiger partial charge on any atom is -0.393 e. The third kappa shape index (κ3) is 4.49. The SMILES string of the molecule is CCC1COC(C)CN1CCCC(C)O. The zero-order chi connectivity index (χ0) is 11.3. The Bertz CT molecular complexity index is 173. The molecule has 0 saturated carbocycles. The first-order valence-corrected chi connectivity index (χ1v) is 6.17. The molecule has 0 amide bonds. The van der Waals surface area contributed by atoms with Crippen molar-refractivity contribution in [1.29, 1.82) is 0 Å². The van der Waals surface area contributed by atoms with Crippen LogP contribution >= 0.6 is 0 Å². The van der Waals surface area contributed by atoms with Crippen molar-refractivity contribution in [3.05, 3.63) is 0 Å². The van der Waals surface area contributed by atoms with E-state index < -0.39 is 0 Å². The third-order valence-corrected chi connectivity index (χ3v) is 3.12. The summed E-state index contributed by atoms with van der Waals surface area (Å²) < 4.78 is 5.65. The molecule has 0 aromatic rings. The average molecular weight is 215 g/mol. The van der Waals surface area contributed by atoms with Crippen LogP contribution in [0.25, 0.3) is 0 Å². The third-order valence-electron chi connectivity index (χ3n) is 3.12. The second-order valence-corrected chi connectivity index (χ2v) is 4.69. The highest BCUT2D eigenvalue weighted by atomic mass is 16.5. The molecule has 1 fully saturated rings. The summed E-state index contributed by atoms with van der Waals surface area (Å²) in [5.41, 5.74) is 0. The average Bonchev–Trinajstić information content (AvgIpc) is 2.17. The van der Waals surface area contributed by atoms with E-state index in [9.17, 15) is 5.11 Å². The van der Waals surface area contributed by atoms with Crippen molar-refractivity contribution in [2.24, 2.45) is 0 Å². The van der Waals surface area contributed by atoms with Crippen LogP contribution in [0.1, 0.15) is 40.0 Å². The van der Waals surface area contributed by atoms with Gasteiger partial charge < -0.3 is 9.84 Å². The maximum Gasteiger partial charge on any atom is 0.0674 e. The van der Waals surface area contributed by atoms with Gasteiger partial charge in [-0.15, -0.1) is 0 Å². The highest BCUT2D eigenvalue weighted by Crippen LogP contribution is 2.15. The normalized spacial score (nSPS) is 30.4. The molecule has 0 radical (unpaired) electrons. The highest BCUT2D eigenvalue weighted by molar-refractivity contribution is 4.77. The fourth-order valence-electron chi connectivity index (χ4n) is 2.15. The van der Waals surface area contributed by atoms with E-state index in [4.69, 9.17) is 4.74 Å². The zero-order valence-corrected chi connectivity index (χ0v) is 10.3. The summed E-state index contributed by atoms with van der Waals surface area (Å²) in [5, 5.41) is 9.21. The van der Waals surface area contributed by atoms with Crippen LogP contribution in [-0.2, 0) is 4.74 Å². The molecule has 0 spiro atoms. The molecular formula is C12H25NO2. The van der Waals surface area contributed by atoms with Crippen LogP contribution in [0.4, 0.5) is 0 Å². The maximum atomic E-state index is 9.21.